The van der Waals surface area contributed by atoms with Crippen LogP contribution in [0.4, 0.5) is 10.7 Å². The molecular weight excluding hydrogens is 488 g/mol. The first kappa shape index (κ1) is 24.6. The number of fused-ring (bicyclic) bond motifs is 1. The zero-order valence-electron chi connectivity index (χ0n) is 20.1. The molecule has 1 fully saturated rings. The Balaban J connectivity index is 1.22. The minimum absolute atomic E-state index is 0.0657. The van der Waals surface area contributed by atoms with Crippen LogP contribution in [0.2, 0.25) is 0 Å². The lowest BCUT2D eigenvalue weighted by atomic mass is 10.0. The molecule has 1 unspecified atom stereocenters. The Morgan fingerprint density at radius 1 is 1.17 bits per heavy atom. The van der Waals surface area contributed by atoms with Gasteiger partial charge in [0.1, 0.15) is 11.1 Å². The third-order valence-electron chi connectivity index (χ3n) is 6.47. The third kappa shape index (κ3) is 5.81. The van der Waals surface area contributed by atoms with Crippen LogP contribution in [0.1, 0.15) is 41.3 Å². The Morgan fingerprint density at radius 3 is 2.72 bits per heavy atom. The lowest BCUT2D eigenvalue weighted by molar-refractivity contribution is -0.117. The number of thioether (sulfide) groups is 1. The molecule has 2 aromatic carbocycles. The van der Waals surface area contributed by atoms with E-state index in [0.717, 1.165) is 59.9 Å². The van der Waals surface area contributed by atoms with Crippen LogP contribution in [0, 0.1) is 17.2 Å². The van der Waals surface area contributed by atoms with Crippen LogP contribution in [-0.2, 0) is 29.1 Å². The van der Waals surface area contributed by atoms with Gasteiger partial charge >= 0.3 is 0 Å². The Kier molecular flexibility index (Phi) is 7.42. The summed E-state index contributed by atoms with van der Waals surface area (Å²) in [6.07, 6.45) is 2.72. The Hall–Kier alpha value is -3.12. The molecule has 1 saturated carbocycles. The number of rotatable bonds is 8. The van der Waals surface area contributed by atoms with Crippen molar-refractivity contribution in [2.24, 2.45) is 5.92 Å². The fourth-order valence-corrected chi connectivity index (χ4v) is 6.52. The molecule has 5 rings (SSSR count). The van der Waals surface area contributed by atoms with Gasteiger partial charge in [-0.25, -0.2) is 0 Å². The van der Waals surface area contributed by atoms with E-state index in [1.807, 2.05) is 37.3 Å². The van der Waals surface area contributed by atoms with Gasteiger partial charge in [-0.15, -0.1) is 23.1 Å². The second-order valence-electron chi connectivity index (χ2n) is 9.31. The molecular formula is C28H28N4O2S2. The number of carbonyl (C=O) groups is 2. The summed E-state index contributed by atoms with van der Waals surface area (Å²) in [5, 5.41) is 16.1. The van der Waals surface area contributed by atoms with Gasteiger partial charge in [-0.2, -0.15) is 5.26 Å². The van der Waals surface area contributed by atoms with Crippen LogP contribution in [0.5, 0.6) is 0 Å². The average Bonchev–Trinajstić information content (AvgIpc) is 3.67. The lowest BCUT2D eigenvalue weighted by Crippen LogP contribution is -2.29. The van der Waals surface area contributed by atoms with E-state index in [0.29, 0.717) is 10.6 Å². The first-order valence-electron chi connectivity index (χ1n) is 12.2. The number of thiophene rings is 1. The number of hydrogen-bond donors (Lipinski definition) is 2. The highest BCUT2D eigenvalue weighted by molar-refractivity contribution is 8.00. The lowest BCUT2D eigenvalue weighted by Gasteiger charge is -2.26. The van der Waals surface area contributed by atoms with Gasteiger partial charge in [0.05, 0.1) is 10.8 Å². The molecule has 2 aliphatic rings. The quantitative estimate of drug-likeness (QED) is 0.378. The molecule has 2 heterocycles. The molecule has 184 valence electrons. The fraction of sp³-hybridized carbons (Fsp3) is 0.321. The van der Waals surface area contributed by atoms with E-state index in [2.05, 4.69) is 45.9 Å². The van der Waals surface area contributed by atoms with Crippen LogP contribution in [0.3, 0.4) is 0 Å². The van der Waals surface area contributed by atoms with E-state index in [9.17, 15) is 14.9 Å². The highest BCUT2D eigenvalue weighted by atomic mass is 32.2. The number of benzene rings is 2. The van der Waals surface area contributed by atoms with E-state index in [1.165, 1.54) is 28.7 Å². The van der Waals surface area contributed by atoms with E-state index in [-0.39, 0.29) is 23.0 Å². The maximum absolute atomic E-state index is 13.0. The van der Waals surface area contributed by atoms with Crippen molar-refractivity contribution < 1.29 is 9.59 Å². The molecule has 0 bridgehead atoms. The summed E-state index contributed by atoms with van der Waals surface area (Å²) in [6.45, 7) is 4.40. The summed E-state index contributed by atoms with van der Waals surface area (Å²) >= 11 is 2.95. The molecule has 6 nitrogen and oxygen atoms in total. The van der Waals surface area contributed by atoms with Gasteiger partial charge in [0.25, 0.3) is 0 Å². The van der Waals surface area contributed by atoms with Gasteiger partial charge in [0, 0.05) is 41.0 Å². The number of carbonyl (C=O) groups excluding carboxylic acids is 2. The maximum atomic E-state index is 13.0. The molecule has 1 aromatic heterocycles. The van der Waals surface area contributed by atoms with Crippen molar-refractivity contribution in [3.8, 4) is 6.07 Å². The number of hydrogen-bond acceptors (Lipinski definition) is 6. The molecule has 0 radical (unpaired) electrons. The van der Waals surface area contributed by atoms with Gasteiger partial charge in [-0.05, 0) is 55.5 Å². The van der Waals surface area contributed by atoms with Crippen molar-refractivity contribution in [1.29, 1.82) is 5.26 Å². The summed E-state index contributed by atoms with van der Waals surface area (Å²) < 4.78 is 0. The number of anilines is 2. The number of nitrogens with zero attached hydrogens (tertiary/aromatic N) is 2. The molecule has 2 amide bonds. The normalized spacial score (nSPS) is 16.0. The van der Waals surface area contributed by atoms with Gasteiger partial charge in [0.2, 0.25) is 11.8 Å². The molecule has 0 spiro atoms. The standard InChI is InChI=1S/C28H28N4O2S2/c1-18(35-22-9-5-8-21(14-22)30-27(34)20-10-11-20)26(33)31-28-24(15-29)23-12-13-32(17-25(23)36-28)16-19-6-3-2-4-7-19/h2-9,14,18,20H,10-13,16-17H2,1H3,(H,30,34)(H,31,33). The highest BCUT2D eigenvalue weighted by Crippen LogP contribution is 2.38. The smallest absolute Gasteiger partial charge is 0.238 e. The van der Waals surface area contributed by atoms with Crippen LogP contribution in [0.25, 0.3) is 0 Å². The molecule has 1 aliphatic heterocycles. The van der Waals surface area contributed by atoms with Gasteiger partial charge in [0.15, 0.2) is 0 Å². The Bertz CT molecular complexity index is 1310. The number of nitriles is 1. The molecule has 1 atom stereocenters. The Labute approximate surface area is 219 Å². The van der Waals surface area contributed by atoms with Crippen molar-refractivity contribution in [1.82, 2.24) is 4.90 Å². The number of nitrogens with one attached hydrogen (secondary N) is 2. The fourth-order valence-electron chi connectivity index (χ4n) is 4.35. The van der Waals surface area contributed by atoms with Crippen molar-refractivity contribution in [3.05, 3.63) is 76.2 Å². The zero-order chi connectivity index (χ0) is 25.1. The predicted octanol–water partition coefficient (Wildman–Crippen LogP) is 5.65. The van der Waals surface area contributed by atoms with Gasteiger partial charge in [-0.1, -0.05) is 36.4 Å². The van der Waals surface area contributed by atoms with Crippen molar-refractivity contribution in [2.45, 2.75) is 49.4 Å². The second kappa shape index (κ2) is 10.9. The van der Waals surface area contributed by atoms with Crippen LogP contribution in [0.15, 0.2) is 59.5 Å². The average molecular weight is 517 g/mol. The molecule has 0 saturated heterocycles. The zero-order valence-corrected chi connectivity index (χ0v) is 21.8. The summed E-state index contributed by atoms with van der Waals surface area (Å²) in [5.41, 5.74) is 3.70. The minimum atomic E-state index is -0.361. The van der Waals surface area contributed by atoms with Crippen LogP contribution >= 0.6 is 23.1 Å². The maximum Gasteiger partial charge on any atom is 0.238 e. The molecule has 36 heavy (non-hydrogen) atoms. The summed E-state index contributed by atoms with van der Waals surface area (Å²) in [5.74, 6) is 0.0713. The first-order valence-corrected chi connectivity index (χ1v) is 13.9. The van der Waals surface area contributed by atoms with E-state index < -0.39 is 0 Å². The summed E-state index contributed by atoms with van der Waals surface area (Å²) in [4.78, 5) is 29.6. The highest BCUT2D eigenvalue weighted by Gasteiger charge is 2.30. The number of amides is 2. The monoisotopic (exact) mass is 516 g/mol. The second-order valence-corrected chi connectivity index (χ2v) is 11.8. The molecule has 2 N–H and O–H groups in total. The SMILES string of the molecule is CC(Sc1cccc(NC(=O)C2CC2)c1)C(=O)Nc1sc2c(c1C#N)CCN(Cc1ccccc1)C2. The van der Waals surface area contributed by atoms with Crippen LogP contribution in [-0.4, -0.2) is 28.5 Å². The van der Waals surface area contributed by atoms with E-state index in [1.54, 1.807) is 0 Å². The summed E-state index contributed by atoms with van der Waals surface area (Å²) in [7, 11) is 0. The van der Waals surface area contributed by atoms with Crippen molar-refractivity contribution in [2.75, 3.05) is 17.2 Å². The van der Waals surface area contributed by atoms with Gasteiger partial charge in [-0.3, -0.25) is 14.5 Å². The van der Waals surface area contributed by atoms with Crippen LogP contribution < -0.4 is 10.6 Å². The first-order chi connectivity index (χ1) is 17.5. The molecule has 1 aliphatic carbocycles. The third-order valence-corrected chi connectivity index (χ3v) is 8.69. The van der Waals surface area contributed by atoms with Crippen molar-refractivity contribution in [3.63, 3.8) is 0 Å². The molecule has 8 heteroatoms. The summed E-state index contributed by atoms with van der Waals surface area (Å²) in [6, 6.07) is 20.3. The Morgan fingerprint density at radius 2 is 1.97 bits per heavy atom. The van der Waals surface area contributed by atoms with E-state index >= 15 is 0 Å². The topological polar surface area (TPSA) is 85.2 Å². The van der Waals surface area contributed by atoms with Gasteiger partial charge < -0.3 is 10.6 Å². The van der Waals surface area contributed by atoms with Crippen molar-refractivity contribution >= 4 is 45.6 Å². The minimum Gasteiger partial charge on any atom is -0.326 e. The molecule has 3 aromatic rings. The largest absolute Gasteiger partial charge is 0.326 e. The van der Waals surface area contributed by atoms with E-state index in [4.69, 9.17) is 0 Å². The predicted molar refractivity (Wildman–Crippen MR) is 145 cm³/mol.